The highest BCUT2D eigenvalue weighted by atomic mass is 16.5. The van der Waals surface area contributed by atoms with Gasteiger partial charge >= 0.3 is 0 Å². The number of nitrogens with one attached hydrogen (secondary N) is 2. The molecular formula is C22H23N5O3. The lowest BCUT2D eigenvalue weighted by Gasteiger charge is -2.18. The number of pyridine rings is 1. The zero-order valence-electron chi connectivity index (χ0n) is 16.8. The van der Waals surface area contributed by atoms with Gasteiger partial charge in [-0.1, -0.05) is 49.3 Å². The Balaban J connectivity index is 1.56. The first-order valence-electron chi connectivity index (χ1n) is 9.57. The van der Waals surface area contributed by atoms with E-state index in [2.05, 4.69) is 25.8 Å². The third-order valence-corrected chi connectivity index (χ3v) is 4.28. The molecule has 0 spiro atoms. The minimum Gasteiger partial charge on any atom is -0.343 e. The third kappa shape index (κ3) is 5.84. The molecule has 0 saturated heterocycles. The number of carbonyl (C=O) groups excluding carboxylic acids is 2. The van der Waals surface area contributed by atoms with E-state index in [1.807, 2.05) is 44.2 Å². The van der Waals surface area contributed by atoms with Gasteiger partial charge in [0.05, 0.1) is 6.54 Å². The number of hydrogen-bond acceptors (Lipinski definition) is 6. The SMILES string of the molecule is CC(C)C(NC(=O)CNC(=O)/C=C/c1ccccc1)c1nc(-c2ccncc2)no1. The van der Waals surface area contributed by atoms with Crippen LogP contribution in [0.3, 0.4) is 0 Å². The second-order valence-corrected chi connectivity index (χ2v) is 6.94. The van der Waals surface area contributed by atoms with Crippen LogP contribution in [-0.4, -0.2) is 33.5 Å². The highest BCUT2D eigenvalue weighted by Crippen LogP contribution is 2.23. The van der Waals surface area contributed by atoms with Crippen LogP contribution in [0.1, 0.15) is 31.3 Å². The van der Waals surface area contributed by atoms with Gasteiger partial charge in [-0.05, 0) is 29.7 Å². The van der Waals surface area contributed by atoms with Gasteiger partial charge in [-0.2, -0.15) is 4.98 Å². The highest BCUT2D eigenvalue weighted by molar-refractivity contribution is 5.94. The fraction of sp³-hybridized carbons (Fsp3) is 0.227. The van der Waals surface area contributed by atoms with Gasteiger partial charge in [0, 0.05) is 24.0 Å². The van der Waals surface area contributed by atoms with Crippen molar-refractivity contribution in [2.24, 2.45) is 5.92 Å². The van der Waals surface area contributed by atoms with Crippen LogP contribution >= 0.6 is 0 Å². The molecule has 0 bridgehead atoms. The molecule has 0 radical (unpaired) electrons. The molecule has 3 rings (SSSR count). The summed E-state index contributed by atoms with van der Waals surface area (Å²) in [5.74, 6) is 0.0344. The molecular weight excluding hydrogens is 382 g/mol. The van der Waals surface area contributed by atoms with Crippen molar-refractivity contribution in [1.82, 2.24) is 25.8 Å². The van der Waals surface area contributed by atoms with E-state index in [4.69, 9.17) is 4.52 Å². The smallest absolute Gasteiger partial charge is 0.249 e. The minimum absolute atomic E-state index is 0.00775. The first kappa shape index (κ1) is 20.9. The number of aromatic nitrogens is 3. The Labute approximate surface area is 174 Å². The van der Waals surface area contributed by atoms with Gasteiger partial charge in [0.15, 0.2) is 0 Å². The molecule has 0 fully saturated rings. The van der Waals surface area contributed by atoms with Gasteiger partial charge in [0.2, 0.25) is 23.5 Å². The molecule has 0 aliphatic rings. The topological polar surface area (TPSA) is 110 Å². The standard InChI is InChI=1S/C22H23N5O3/c1-15(2)20(22-26-21(27-30-22)17-10-12-23-13-11-17)25-19(29)14-24-18(28)9-8-16-6-4-3-5-7-16/h3-13,15,20H,14H2,1-2H3,(H,24,28)(H,25,29)/b9-8+. The summed E-state index contributed by atoms with van der Waals surface area (Å²) >= 11 is 0. The Hall–Kier alpha value is -3.81. The Kier molecular flexibility index (Phi) is 7.05. The first-order valence-corrected chi connectivity index (χ1v) is 9.57. The summed E-state index contributed by atoms with van der Waals surface area (Å²) in [6.07, 6.45) is 6.36. The van der Waals surface area contributed by atoms with E-state index < -0.39 is 6.04 Å². The van der Waals surface area contributed by atoms with Crippen molar-refractivity contribution in [1.29, 1.82) is 0 Å². The van der Waals surface area contributed by atoms with Crippen molar-refractivity contribution >= 4 is 17.9 Å². The first-order chi connectivity index (χ1) is 14.5. The normalized spacial score (nSPS) is 12.1. The van der Waals surface area contributed by atoms with Crippen LogP contribution in [0.4, 0.5) is 0 Å². The molecule has 8 nitrogen and oxygen atoms in total. The van der Waals surface area contributed by atoms with E-state index in [0.29, 0.717) is 11.7 Å². The zero-order valence-corrected chi connectivity index (χ0v) is 16.8. The number of hydrogen-bond donors (Lipinski definition) is 2. The van der Waals surface area contributed by atoms with Crippen LogP contribution in [0.2, 0.25) is 0 Å². The number of nitrogens with zero attached hydrogens (tertiary/aromatic N) is 3. The second-order valence-electron chi connectivity index (χ2n) is 6.94. The largest absolute Gasteiger partial charge is 0.343 e. The molecule has 0 aliphatic heterocycles. The maximum absolute atomic E-state index is 12.3. The Bertz CT molecular complexity index is 1000. The van der Waals surface area contributed by atoms with Crippen molar-refractivity contribution in [3.05, 3.63) is 72.4 Å². The van der Waals surface area contributed by atoms with Crippen molar-refractivity contribution in [2.75, 3.05) is 6.54 Å². The Morgan fingerprint density at radius 2 is 1.83 bits per heavy atom. The lowest BCUT2D eigenvalue weighted by Crippen LogP contribution is -2.39. The van der Waals surface area contributed by atoms with Crippen LogP contribution in [0.15, 0.2) is 65.5 Å². The van der Waals surface area contributed by atoms with Crippen LogP contribution in [-0.2, 0) is 9.59 Å². The van der Waals surface area contributed by atoms with E-state index in [1.165, 1.54) is 6.08 Å². The average molecular weight is 405 g/mol. The zero-order chi connectivity index (χ0) is 21.3. The van der Waals surface area contributed by atoms with Crippen LogP contribution in [0.25, 0.3) is 17.5 Å². The number of carbonyl (C=O) groups is 2. The molecule has 1 atom stereocenters. The molecule has 1 unspecified atom stereocenters. The van der Waals surface area contributed by atoms with E-state index in [1.54, 1.807) is 30.6 Å². The molecule has 0 saturated carbocycles. The van der Waals surface area contributed by atoms with Crippen molar-refractivity contribution in [3.8, 4) is 11.4 Å². The lowest BCUT2D eigenvalue weighted by atomic mass is 10.0. The molecule has 154 valence electrons. The van der Waals surface area contributed by atoms with E-state index >= 15 is 0 Å². The van der Waals surface area contributed by atoms with Crippen LogP contribution < -0.4 is 10.6 Å². The van der Waals surface area contributed by atoms with E-state index in [0.717, 1.165) is 11.1 Å². The van der Waals surface area contributed by atoms with Crippen molar-refractivity contribution in [3.63, 3.8) is 0 Å². The highest BCUT2D eigenvalue weighted by Gasteiger charge is 2.24. The number of benzene rings is 1. The molecule has 1 aromatic carbocycles. The molecule has 2 amide bonds. The van der Waals surface area contributed by atoms with Crippen molar-refractivity contribution < 1.29 is 14.1 Å². The molecule has 30 heavy (non-hydrogen) atoms. The average Bonchev–Trinajstić information content (AvgIpc) is 3.25. The summed E-state index contributed by atoms with van der Waals surface area (Å²) in [6, 6.07) is 12.5. The van der Waals surface area contributed by atoms with E-state index in [9.17, 15) is 9.59 Å². The van der Waals surface area contributed by atoms with Crippen LogP contribution in [0, 0.1) is 5.92 Å². The quantitative estimate of drug-likeness (QED) is 0.558. The maximum Gasteiger partial charge on any atom is 0.249 e. The Morgan fingerprint density at radius 1 is 1.10 bits per heavy atom. The van der Waals surface area contributed by atoms with Gasteiger partial charge in [-0.25, -0.2) is 0 Å². The molecule has 2 N–H and O–H groups in total. The van der Waals surface area contributed by atoms with Gasteiger partial charge in [-0.15, -0.1) is 0 Å². The lowest BCUT2D eigenvalue weighted by molar-refractivity contribution is -0.124. The molecule has 2 aromatic heterocycles. The summed E-state index contributed by atoms with van der Waals surface area (Å²) in [4.78, 5) is 32.6. The van der Waals surface area contributed by atoms with Gasteiger partial charge in [-0.3, -0.25) is 14.6 Å². The maximum atomic E-state index is 12.3. The molecule has 0 aliphatic carbocycles. The predicted molar refractivity (Wildman–Crippen MR) is 112 cm³/mol. The second kappa shape index (κ2) is 10.1. The van der Waals surface area contributed by atoms with Crippen LogP contribution in [0.5, 0.6) is 0 Å². The van der Waals surface area contributed by atoms with Gasteiger partial charge in [0.1, 0.15) is 6.04 Å². The van der Waals surface area contributed by atoms with Gasteiger partial charge in [0.25, 0.3) is 0 Å². The minimum atomic E-state index is -0.475. The summed E-state index contributed by atoms with van der Waals surface area (Å²) in [5, 5.41) is 9.39. The number of rotatable bonds is 8. The molecule has 2 heterocycles. The molecule has 8 heteroatoms. The number of amides is 2. The monoisotopic (exact) mass is 405 g/mol. The summed E-state index contributed by atoms with van der Waals surface area (Å²) < 4.78 is 5.36. The predicted octanol–water partition coefficient (Wildman–Crippen LogP) is 2.77. The molecule has 3 aromatic rings. The fourth-order valence-electron chi connectivity index (χ4n) is 2.68. The van der Waals surface area contributed by atoms with Crippen molar-refractivity contribution in [2.45, 2.75) is 19.9 Å². The summed E-state index contributed by atoms with van der Waals surface area (Å²) in [7, 11) is 0. The third-order valence-electron chi connectivity index (χ3n) is 4.28. The summed E-state index contributed by atoms with van der Waals surface area (Å²) in [5.41, 5.74) is 1.67. The Morgan fingerprint density at radius 3 is 2.53 bits per heavy atom. The van der Waals surface area contributed by atoms with E-state index in [-0.39, 0.29) is 24.3 Å². The van der Waals surface area contributed by atoms with Gasteiger partial charge < -0.3 is 15.2 Å². The summed E-state index contributed by atoms with van der Waals surface area (Å²) in [6.45, 7) is 3.71. The fourth-order valence-corrected chi connectivity index (χ4v) is 2.68.